The number of methoxy groups -OCH3 is 1. The second kappa shape index (κ2) is 5.96. The zero-order chi connectivity index (χ0) is 11.4. The van der Waals surface area contributed by atoms with Gasteiger partial charge in [0, 0.05) is 26.4 Å². The molecule has 0 aromatic carbocycles. The van der Waals surface area contributed by atoms with Crippen molar-refractivity contribution in [1.82, 2.24) is 5.32 Å². The zero-order valence-corrected chi connectivity index (χ0v) is 10.3. The Morgan fingerprint density at radius 3 is 2.69 bits per heavy atom. The van der Waals surface area contributed by atoms with Gasteiger partial charge < -0.3 is 19.5 Å². The monoisotopic (exact) mass is 229 g/mol. The quantitative estimate of drug-likeness (QED) is 0.757. The number of hydrogen-bond acceptors (Lipinski definition) is 4. The van der Waals surface area contributed by atoms with Gasteiger partial charge in [0.2, 0.25) is 0 Å². The first kappa shape index (κ1) is 12.3. The summed E-state index contributed by atoms with van der Waals surface area (Å²) in [6, 6.07) is 0.463. The molecule has 0 aromatic heterocycles. The van der Waals surface area contributed by atoms with Crippen molar-refractivity contribution in [2.24, 2.45) is 5.92 Å². The van der Waals surface area contributed by atoms with Crippen LogP contribution in [0.4, 0.5) is 0 Å². The number of rotatable bonds is 5. The third kappa shape index (κ3) is 2.74. The van der Waals surface area contributed by atoms with Crippen LogP contribution in [0, 0.1) is 5.92 Å². The average Bonchev–Trinajstić information content (AvgIpc) is 2.30. The van der Waals surface area contributed by atoms with Crippen LogP contribution in [0.1, 0.15) is 19.3 Å². The molecule has 1 heterocycles. The lowest BCUT2D eigenvalue weighted by molar-refractivity contribution is -0.142. The van der Waals surface area contributed by atoms with E-state index < -0.39 is 0 Å². The Morgan fingerprint density at radius 1 is 1.31 bits per heavy atom. The molecule has 1 aliphatic heterocycles. The van der Waals surface area contributed by atoms with Gasteiger partial charge in [-0.2, -0.15) is 0 Å². The van der Waals surface area contributed by atoms with Crippen LogP contribution in [0.3, 0.4) is 0 Å². The fraction of sp³-hybridized carbons (Fsp3) is 1.00. The number of hydrogen-bond donors (Lipinski definition) is 1. The first-order valence-corrected chi connectivity index (χ1v) is 6.24. The van der Waals surface area contributed by atoms with Gasteiger partial charge in [0.1, 0.15) is 0 Å². The number of likely N-dealkylation sites (N-methyl/N-ethyl adjacent to an activating group) is 1. The van der Waals surface area contributed by atoms with Gasteiger partial charge in [0.15, 0.2) is 0 Å². The van der Waals surface area contributed by atoms with E-state index in [0.29, 0.717) is 12.0 Å². The van der Waals surface area contributed by atoms with Crippen molar-refractivity contribution < 1.29 is 14.2 Å². The minimum atomic E-state index is 0.227. The molecule has 3 atom stereocenters. The lowest BCUT2D eigenvalue weighted by atomic mass is 9.85. The van der Waals surface area contributed by atoms with Crippen molar-refractivity contribution in [2.75, 3.05) is 34.0 Å². The molecule has 2 rings (SSSR count). The molecule has 4 nitrogen and oxygen atoms in total. The molecule has 2 fully saturated rings. The van der Waals surface area contributed by atoms with Crippen molar-refractivity contribution in [2.45, 2.75) is 37.5 Å². The maximum atomic E-state index is 5.93. The molecular weight excluding hydrogens is 206 g/mol. The minimum Gasteiger partial charge on any atom is -0.381 e. The predicted octanol–water partition coefficient (Wildman–Crippen LogP) is 0.805. The van der Waals surface area contributed by atoms with Crippen molar-refractivity contribution in [1.29, 1.82) is 0 Å². The Kier molecular flexibility index (Phi) is 4.58. The molecular formula is C12H23NO3. The Hall–Kier alpha value is -0.160. The molecule has 4 heteroatoms. The molecule has 0 amide bonds. The molecule has 0 aromatic rings. The summed E-state index contributed by atoms with van der Waals surface area (Å²) in [7, 11) is 3.74. The summed E-state index contributed by atoms with van der Waals surface area (Å²) in [6.45, 7) is 2.65. The number of ether oxygens (including phenoxy) is 3. The highest BCUT2D eigenvalue weighted by Gasteiger charge is 2.41. The van der Waals surface area contributed by atoms with E-state index in [0.717, 1.165) is 39.1 Å². The highest BCUT2D eigenvalue weighted by molar-refractivity contribution is 4.96. The summed E-state index contributed by atoms with van der Waals surface area (Å²) in [5, 5.41) is 3.25. The summed E-state index contributed by atoms with van der Waals surface area (Å²) in [5.74, 6) is 0.680. The van der Waals surface area contributed by atoms with Crippen molar-refractivity contribution in [3.63, 3.8) is 0 Å². The molecule has 3 unspecified atom stereocenters. The van der Waals surface area contributed by atoms with Crippen LogP contribution in [0.2, 0.25) is 0 Å². The van der Waals surface area contributed by atoms with Crippen molar-refractivity contribution >= 4 is 0 Å². The summed E-state index contributed by atoms with van der Waals surface area (Å²) >= 11 is 0. The third-order valence-corrected chi connectivity index (χ3v) is 3.78. The normalized spacial score (nSPS) is 36.0. The predicted molar refractivity (Wildman–Crippen MR) is 61.5 cm³/mol. The van der Waals surface area contributed by atoms with Crippen LogP contribution in [0.5, 0.6) is 0 Å². The summed E-state index contributed by atoms with van der Waals surface area (Å²) in [5.41, 5.74) is 0. The molecule has 2 aliphatic rings. The molecule has 0 spiro atoms. The molecule has 1 saturated carbocycles. The van der Waals surface area contributed by atoms with Gasteiger partial charge in [-0.25, -0.2) is 0 Å². The van der Waals surface area contributed by atoms with Crippen molar-refractivity contribution in [3.05, 3.63) is 0 Å². The van der Waals surface area contributed by atoms with Gasteiger partial charge in [-0.1, -0.05) is 0 Å². The molecule has 0 bridgehead atoms. The van der Waals surface area contributed by atoms with Crippen LogP contribution in [0.15, 0.2) is 0 Å². The molecule has 1 N–H and O–H groups in total. The summed E-state index contributed by atoms with van der Waals surface area (Å²) in [4.78, 5) is 0. The highest BCUT2D eigenvalue weighted by Crippen LogP contribution is 2.28. The topological polar surface area (TPSA) is 39.7 Å². The van der Waals surface area contributed by atoms with Gasteiger partial charge in [-0.3, -0.25) is 0 Å². The van der Waals surface area contributed by atoms with Gasteiger partial charge in [-0.05, 0) is 32.2 Å². The Balaban J connectivity index is 1.66. The summed E-state index contributed by atoms with van der Waals surface area (Å²) in [6.07, 6.45) is 3.85. The van der Waals surface area contributed by atoms with Crippen molar-refractivity contribution in [3.8, 4) is 0 Å². The van der Waals surface area contributed by atoms with E-state index in [2.05, 4.69) is 5.32 Å². The highest BCUT2D eigenvalue weighted by atomic mass is 16.5. The van der Waals surface area contributed by atoms with E-state index in [1.807, 2.05) is 7.05 Å². The van der Waals surface area contributed by atoms with E-state index in [4.69, 9.17) is 14.2 Å². The standard InChI is InChI=1S/C12H23NO3/c1-13-10-7-11(12(10)14-2)16-8-9-3-5-15-6-4-9/h9-13H,3-8H2,1-2H3. The maximum absolute atomic E-state index is 5.93. The van der Waals surface area contributed by atoms with Gasteiger partial charge in [0.05, 0.1) is 18.8 Å². The van der Waals surface area contributed by atoms with Gasteiger partial charge in [0.25, 0.3) is 0 Å². The average molecular weight is 229 g/mol. The van der Waals surface area contributed by atoms with E-state index in [9.17, 15) is 0 Å². The van der Waals surface area contributed by atoms with Crippen LogP contribution >= 0.6 is 0 Å². The SMILES string of the molecule is CNC1CC(OCC2CCOCC2)C1OC. The lowest BCUT2D eigenvalue weighted by Gasteiger charge is -2.43. The number of nitrogens with one attached hydrogen (secondary N) is 1. The fourth-order valence-corrected chi connectivity index (χ4v) is 2.52. The Bertz CT molecular complexity index is 206. The van der Waals surface area contributed by atoms with E-state index in [1.54, 1.807) is 7.11 Å². The first-order valence-electron chi connectivity index (χ1n) is 6.24. The molecule has 94 valence electrons. The largest absolute Gasteiger partial charge is 0.381 e. The van der Waals surface area contributed by atoms with Crippen LogP contribution < -0.4 is 5.32 Å². The smallest absolute Gasteiger partial charge is 0.0986 e. The zero-order valence-electron chi connectivity index (χ0n) is 10.3. The van der Waals surface area contributed by atoms with Crippen LogP contribution in [-0.2, 0) is 14.2 Å². The summed E-state index contributed by atoms with van der Waals surface area (Å²) < 4.78 is 16.7. The second-order valence-corrected chi connectivity index (χ2v) is 4.76. The van der Waals surface area contributed by atoms with Crippen LogP contribution in [-0.4, -0.2) is 52.2 Å². The molecule has 0 radical (unpaired) electrons. The van der Waals surface area contributed by atoms with E-state index in [-0.39, 0.29) is 12.2 Å². The van der Waals surface area contributed by atoms with E-state index >= 15 is 0 Å². The maximum Gasteiger partial charge on any atom is 0.0986 e. The molecule has 16 heavy (non-hydrogen) atoms. The first-order chi connectivity index (χ1) is 7.85. The third-order valence-electron chi connectivity index (χ3n) is 3.78. The second-order valence-electron chi connectivity index (χ2n) is 4.76. The Morgan fingerprint density at radius 2 is 2.06 bits per heavy atom. The van der Waals surface area contributed by atoms with Crippen LogP contribution in [0.25, 0.3) is 0 Å². The molecule has 1 saturated heterocycles. The Labute approximate surface area is 97.6 Å². The lowest BCUT2D eigenvalue weighted by Crippen LogP contribution is -2.59. The fourth-order valence-electron chi connectivity index (χ4n) is 2.52. The van der Waals surface area contributed by atoms with Gasteiger partial charge in [-0.15, -0.1) is 0 Å². The van der Waals surface area contributed by atoms with E-state index in [1.165, 1.54) is 0 Å². The molecule has 1 aliphatic carbocycles. The minimum absolute atomic E-state index is 0.227. The van der Waals surface area contributed by atoms with Gasteiger partial charge >= 0.3 is 0 Å².